The van der Waals surface area contributed by atoms with E-state index < -0.39 is 0 Å². The van der Waals surface area contributed by atoms with Crippen LogP contribution in [0.3, 0.4) is 0 Å². The molecule has 0 radical (unpaired) electrons. The normalized spacial score (nSPS) is 19.8. The fraction of sp³-hybridized carbons (Fsp3) is 0.538. The van der Waals surface area contributed by atoms with E-state index in [4.69, 9.17) is 0 Å². The summed E-state index contributed by atoms with van der Waals surface area (Å²) in [4.78, 5) is 18.3. The lowest BCUT2D eigenvalue weighted by atomic mass is 10.2. The number of carbonyl (C=O) groups is 1. The largest absolute Gasteiger partial charge is 0.388 e. The van der Waals surface area contributed by atoms with Crippen molar-refractivity contribution in [1.29, 1.82) is 0 Å². The highest BCUT2D eigenvalue weighted by atomic mass is 16.1. The van der Waals surface area contributed by atoms with Crippen molar-refractivity contribution < 1.29 is 4.79 Å². The number of pyridine rings is 1. The quantitative estimate of drug-likeness (QED) is 0.833. The number of nitrogens with zero attached hydrogens (tertiary/aromatic N) is 2. The number of amides is 1. The van der Waals surface area contributed by atoms with Gasteiger partial charge >= 0.3 is 0 Å². The zero-order valence-electron chi connectivity index (χ0n) is 10.9. The third kappa shape index (κ3) is 2.98. The maximum absolute atomic E-state index is 12.0. The molecule has 98 valence electrons. The Labute approximate surface area is 108 Å². The van der Waals surface area contributed by atoms with Crippen molar-refractivity contribution in [1.82, 2.24) is 15.2 Å². The molecule has 2 heterocycles. The number of likely N-dealkylation sites (tertiary alicyclic amines) is 1. The van der Waals surface area contributed by atoms with Gasteiger partial charge in [-0.15, -0.1) is 0 Å². The fourth-order valence-electron chi connectivity index (χ4n) is 2.25. The zero-order valence-corrected chi connectivity index (χ0v) is 10.9. The Bertz CT molecular complexity index is 421. The van der Waals surface area contributed by atoms with Crippen LogP contribution in [-0.2, 0) is 0 Å². The third-order valence-corrected chi connectivity index (χ3v) is 3.45. The Balaban J connectivity index is 1.90. The Morgan fingerprint density at radius 1 is 1.61 bits per heavy atom. The second kappa shape index (κ2) is 5.82. The van der Waals surface area contributed by atoms with Gasteiger partial charge in [-0.25, -0.2) is 0 Å². The number of nitrogens with one attached hydrogen (secondary N) is 2. The molecule has 0 bridgehead atoms. The Kier molecular flexibility index (Phi) is 4.15. The van der Waals surface area contributed by atoms with Crippen LogP contribution in [0.2, 0.25) is 0 Å². The number of anilines is 1. The van der Waals surface area contributed by atoms with Crippen molar-refractivity contribution in [3.05, 3.63) is 24.0 Å². The van der Waals surface area contributed by atoms with Crippen molar-refractivity contribution in [2.24, 2.45) is 0 Å². The molecular weight excluding hydrogens is 228 g/mol. The van der Waals surface area contributed by atoms with Crippen LogP contribution in [0.5, 0.6) is 0 Å². The third-order valence-electron chi connectivity index (χ3n) is 3.45. The molecule has 0 saturated carbocycles. The molecule has 18 heavy (non-hydrogen) atoms. The molecule has 0 aliphatic carbocycles. The van der Waals surface area contributed by atoms with E-state index in [-0.39, 0.29) is 5.91 Å². The standard InChI is InChI=1S/C13H20N4O/c1-14-10-5-6-15-12(8-10)13(18)16-9-11-4-3-7-17(11)2/h5-6,8,11H,3-4,7,9H2,1-2H3,(H,14,15)(H,16,18). The molecule has 1 fully saturated rings. The van der Waals surface area contributed by atoms with Crippen LogP contribution in [-0.4, -0.2) is 49.0 Å². The summed E-state index contributed by atoms with van der Waals surface area (Å²) in [5.74, 6) is -0.104. The van der Waals surface area contributed by atoms with Gasteiger partial charge in [0.15, 0.2) is 0 Å². The van der Waals surface area contributed by atoms with Gasteiger partial charge in [0.1, 0.15) is 5.69 Å². The maximum Gasteiger partial charge on any atom is 0.270 e. The lowest BCUT2D eigenvalue weighted by molar-refractivity contribution is 0.0938. The molecule has 1 unspecified atom stereocenters. The van der Waals surface area contributed by atoms with Crippen LogP contribution in [0, 0.1) is 0 Å². The maximum atomic E-state index is 12.0. The van der Waals surface area contributed by atoms with Gasteiger partial charge in [0.2, 0.25) is 0 Å². The molecule has 5 heteroatoms. The summed E-state index contributed by atoms with van der Waals surface area (Å²) in [6.07, 6.45) is 4.01. The minimum atomic E-state index is -0.104. The van der Waals surface area contributed by atoms with Gasteiger partial charge < -0.3 is 15.5 Å². The summed E-state index contributed by atoms with van der Waals surface area (Å²) < 4.78 is 0. The molecule has 0 aromatic carbocycles. The van der Waals surface area contributed by atoms with Crippen molar-refractivity contribution >= 4 is 11.6 Å². The van der Waals surface area contributed by atoms with Gasteiger partial charge in [0.05, 0.1) is 0 Å². The first-order chi connectivity index (χ1) is 8.70. The second-order valence-corrected chi connectivity index (χ2v) is 4.67. The highest BCUT2D eigenvalue weighted by molar-refractivity contribution is 5.93. The van der Waals surface area contributed by atoms with E-state index >= 15 is 0 Å². The minimum Gasteiger partial charge on any atom is -0.388 e. The summed E-state index contributed by atoms with van der Waals surface area (Å²) in [5, 5.41) is 5.95. The van der Waals surface area contributed by atoms with Gasteiger partial charge in [0, 0.05) is 31.5 Å². The number of likely N-dealkylation sites (N-methyl/N-ethyl adjacent to an activating group) is 1. The summed E-state index contributed by atoms with van der Waals surface area (Å²) >= 11 is 0. The summed E-state index contributed by atoms with van der Waals surface area (Å²) in [7, 11) is 3.92. The van der Waals surface area contributed by atoms with Gasteiger partial charge in [-0.2, -0.15) is 0 Å². The van der Waals surface area contributed by atoms with Crippen LogP contribution in [0.25, 0.3) is 0 Å². The first-order valence-electron chi connectivity index (χ1n) is 6.33. The Morgan fingerprint density at radius 2 is 2.44 bits per heavy atom. The number of aromatic nitrogens is 1. The SMILES string of the molecule is CNc1ccnc(C(=O)NCC2CCCN2C)c1. The molecule has 2 N–H and O–H groups in total. The molecule has 1 aromatic rings. The van der Waals surface area contributed by atoms with E-state index in [1.165, 1.54) is 6.42 Å². The molecule has 1 aromatic heterocycles. The molecule has 2 rings (SSSR count). The molecule has 1 aliphatic rings. The van der Waals surface area contributed by atoms with E-state index in [2.05, 4.69) is 27.6 Å². The molecule has 5 nitrogen and oxygen atoms in total. The van der Waals surface area contributed by atoms with Crippen molar-refractivity contribution in [3.8, 4) is 0 Å². The van der Waals surface area contributed by atoms with Crippen molar-refractivity contribution in [3.63, 3.8) is 0 Å². The molecular formula is C13H20N4O. The first-order valence-corrected chi connectivity index (χ1v) is 6.33. The molecule has 1 atom stereocenters. The topological polar surface area (TPSA) is 57.3 Å². The predicted molar refractivity (Wildman–Crippen MR) is 71.8 cm³/mol. The number of carbonyl (C=O) groups excluding carboxylic acids is 1. The highest BCUT2D eigenvalue weighted by Crippen LogP contribution is 2.13. The van der Waals surface area contributed by atoms with Crippen molar-refractivity contribution in [2.75, 3.05) is 32.5 Å². The van der Waals surface area contributed by atoms with Crippen molar-refractivity contribution in [2.45, 2.75) is 18.9 Å². The zero-order chi connectivity index (χ0) is 13.0. The monoisotopic (exact) mass is 248 g/mol. The van der Waals surface area contributed by atoms with Crippen LogP contribution in [0.15, 0.2) is 18.3 Å². The molecule has 1 amide bonds. The summed E-state index contributed by atoms with van der Waals surface area (Å²) in [6, 6.07) is 4.05. The van der Waals surface area contributed by atoms with Crippen LogP contribution in [0.1, 0.15) is 23.3 Å². The number of rotatable bonds is 4. The van der Waals surface area contributed by atoms with Gasteiger partial charge in [-0.3, -0.25) is 9.78 Å². The highest BCUT2D eigenvalue weighted by Gasteiger charge is 2.21. The van der Waals surface area contributed by atoms with E-state index in [1.54, 1.807) is 12.3 Å². The Hall–Kier alpha value is -1.62. The Morgan fingerprint density at radius 3 is 3.11 bits per heavy atom. The van der Waals surface area contributed by atoms with E-state index in [9.17, 15) is 4.79 Å². The number of hydrogen-bond donors (Lipinski definition) is 2. The first kappa shape index (κ1) is 12.8. The molecule has 1 aliphatic heterocycles. The van der Waals surface area contributed by atoms with Crippen LogP contribution < -0.4 is 10.6 Å². The van der Waals surface area contributed by atoms with Crippen LogP contribution >= 0.6 is 0 Å². The van der Waals surface area contributed by atoms with E-state index in [0.29, 0.717) is 18.3 Å². The average molecular weight is 248 g/mol. The number of hydrogen-bond acceptors (Lipinski definition) is 4. The summed E-state index contributed by atoms with van der Waals surface area (Å²) in [5.41, 5.74) is 1.36. The fourth-order valence-corrected chi connectivity index (χ4v) is 2.25. The predicted octanol–water partition coefficient (Wildman–Crippen LogP) is 0.947. The van der Waals surface area contributed by atoms with Gasteiger partial charge in [-0.05, 0) is 38.6 Å². The molecule has 1 saturated heterocycles. The summed E-state index contributed by atoms with van der Waals surface area (Å²) in [6.45, 7) is 1.81. The van der Waals surface area contributed by atoms with E-state index in [0.717, 1.165) is 18.7 Å². The lowest BCUT2D eigenvalue weighted by Crippen LogP contribution is -2.38. The molecule has 0 spiro atoms. The lowest BCUT2D eigenvalue weighted by Gasteiger charge is -2.19. The van der Waals surface area contributed by atoms with Gasteiger partial charge in [-0.1, -0.05) is 0 Å². The minimum absolute atomic E-state index is 0.104. The average Bonchev–Trinajstić information content (AvgIpc) is 2.81. The van der Waals surface area contributed by atoms with Crippen LogP contribution in [0.4, 0.5) is 5.69 Å². The second-order valence-electron chi connectivity index (χ2n) is 4.67. The van der Waals surface area contributed by atoms with Gasteiger partial charge in [0.25, 0.3) is 5.91 Å². The smallest absolute Gasteiger partial charge is 0.270 e. The van der Waals surface area contributed by atoms with E-state index in [1.807, 2.05) is 13.1 Å².